The van der Waals surface area contributed by atoms with Crippen LogP contribution in [0.25, 0.3) is 11.4 Å². The summed E-state index contributed by atoms with van der Waals surface area (Å²) in [6, 6.07) is 12.1. The van der Waals surface area contributed by atoms with Crippen LogP contribution >= 0.6 is 0 Å². The number of carbonyl (C=O) groups excluding carboxylic acids is 1. The first-order valence-corrected chi connectivity index (χ1v) is 14.2. The molecule has 2 aromatic heterocycles. The summed E-state index contributed by atoms with van der Waals surface area (Å²) in [4.78, 5) is 34.3. The molecule has 10 nitrogen and oxygen atoms in total. The van der Waals surface area contributed by atoms with Crippen LogP contribution < -0.4 is 15.8 Å². The highest BCUT2D eigenvalue weighted by molar-refractivity contribution is 6.04. The highest BCUT2D eigenvalue weighted by Crippen LogP contribution is 2.35. The third-order valence-corrected chi connectivity index (χ3v) is 7.46. The first kappa shape index (κ1) is 31.5. The van der Waals surface area contributed by atoms with E-state index in [1.54, 1.807) is 50.6 Å². The predicted octanol–water partition coefficient (Wildman–Crippen LogP) is 5.29. The molecule has 0 bridgehead atoms. The number of ether oxygens (including phenoxy) is 1. The molecule has 1 saturated heterocycles. The molecule has 1 amide bonds. The summed E-state index contributed by atoms with van der Waals surface area (Å²) in [6.45, 7) is 4.92. The van der Waals surface area contributed by atoms with Gasteiger partial charge in [-0.05, 0) is 61.5 Å². The van der Waals surface area contributed by atoms with Crippen molar-refractivity contribution in [2.45, 2.75) is 19.6 Å². The number of rotatable bonds is 8. The standard InChI is InChI=1S/C32H33F3N8O2/c1-20-4-5-22(16-27(20)45-31-25(18-37-2)28(36)40-29(41-31)21-8-10-38-11-9-21)30(44)39-24-7-6-23(26(17-24)32(33,34)35)19-43-14-12-42(3)13-15-43/h4-11,16-18H,12-15,19H2,1-3H3,(H,39,44)(H2,36,40,41). The third-order valence-electron chi connectivity index (χ3n) is 7.46. The molecule has 5 rings (SSSR count). The van der Waals surface area contributed by atoms with Gasteiger partial charge >= 0.3 is 6.18 Å². The van der Waals surface area contributed by atoms with Gasteiger partial charge in [0.2, 0.25) is 5.88 Å². The molecule has 234 valence electrons. The molecule has 0 radical (unpaired) electrons. The number of nitrogens with one attached hydrogen (secondary N) is 1. The average molecular weight is 619 g/mol. The van der Waals surface area contributed by atoms with Crippen LogP contribution in [0.3, 0.4) is 0 Å². The average Bonchev–Trinajstić information content (AvgIpc) is 3.01. The van der Waals surface area contributed by atoms with E-state index in [-0.39, 0.29) is 35.1 Å². The summed E-state index contributed by atoms with van der Waals surface area (Å²) in [5, 5.41) is 2.60. The smallest absolute Gasteiger partial charge is 0.416 e. The minimum Gasteiger partial charge on any atom is -0.438 e. The number of amides is 1. The number of pyridine rings is 1. The summed E-state index contributed by atoms with van der Waals surface area (Å²) in [5.74, 6) is 0.258. The first-order valence-electron chi connectivity index (χ1n) is 14.2. The quantitative estimate of drug-likeness (QED) is 0.256. The number of likely N-dealkylation sites (N-methyl/N-ethyl adjacent to an activating group) is 1. The molecule has 0 saturated carbocycles. The van der Waals surface area contributed by atoms with Gasteiger partial charge in [0.05, 0.1) is 11.1 Å². The fraction of sp³-hybridized carbons (Fsp3) is 0.281. The lowest BCUT2D eigenvalue weighted by Crippen LogP contribution is -2.44. The molecule has 1 aliphatic rings. The maximum Gasteiger partial charge on any atom is 0.416 e. The van der Waals surface area contributed by atoms with Crippen LogP contribution in [0.2, 0.25) is 0 Å². The van der Waals surface area contributed by atoms with Crippen molar-refractivity contribution in [1.29, 1.82) is 0 Å². The van der Waals surface area contributed by atoms with Crippen LogP contribution in [0.5, 0.6) is 11.6 Å². The van der Waals surface area contributed by atoms with Crippen molar-refractivity contribution in [2.24, 2.45) is 4.99 Å². The Bertz CT molecular complexity index is 1710. The zero-order valence-corrected chi connectivity index (χ0v) is 25.1. The summed E-state index contributed by atoms with van der Waals surface area (Å²) in [5.41, 5.74) is 7.52. The van der Waals surface area contributed by atoms with E-state index >= 15 is 0 Å². The van der Waals surface area contributed by atoms with E-state index in [0.29, 0.717) is 41.4 Å². The van der Waals surface area contributed by atoms with Crippen molar-refractivity contribution in [3.05, 3.63) is 88.7 Å². The van der Waals surface area contributed by atoms with Gasteiger partial charge in [-0.3, -0.25) is 19.7 Å². The van der Waals surface area contributed by atoms with Gasteiger partial charge in [0, 0.05) is 75.2 Å². The van der Waals surface area contributed by atoms with Crippen LogP contribution in [0.1, 0.15) is 32.6 Å². The van der Waals surface area contributed by atoms with Gasteiger partial charge in [0.1, 0.15) is 11.6 Å². The van der Waals surface area contributed by atoms with Gasteiger partial charge in [-0.25, -0.2) is 4.98 Å². The van der Waals surface area contributed by atoms with Crippen molar-refractivity contribution in [3.63, 3.8) is 0 Å². The van der Waals surface area contributed by atoms with Crippen molar-refractivity contribution in [3.8, 4) is 23.0 Å². The van der Waals surface area contributed by atoms with Gasteiger partial charge < -0.3 is 20.7 Å². The number of hydrogen-bond acceptors (Lipinski definition) is 9. The number of hydrogen-bond donors (Lipinski definition) is 2. The van der Waals surface area contributed by atoms with Crippen LogP contribution in [-0.2, 0) is 12.7 Å². The molecular formula is C32H33F3N8O2. The lowest BCUT2D eigenvalue weighted by Gasteiger charge is -2.33. The Kier molecular flexibility index (Phi) is 9.40. The number of nitrogens with two attached hydrogens (primary N) is 1. The van der Waals surface area contributed by atoms with Crippen molar-refractivity contribution < 1.29 is 22.7 Å². The van der Waals surface area contributed by atoms with Gasteiger partial charge in [-0.2, -0.15) is 18.2 Å². The second kappa shape index (κ2) is 13.4. The lowest BCUT2D eigenvalue weighted by molar-refractivity contribution is -0.138. The van der Waals surface area contributed by atoms with Gasteiger partial charge in [-0.15, -0.1) is 0 Å². The normalized spacial score (nSPS) is 14.5. The molecule has 4 aromatic rings. The fourth-order valence-electron chi connectivity index (χ4n) is 4.89. The zero-order valence-electron chi connectivity index (χ0n) is 25.1. The van der Waals surface area contributed by atoms with E-state index in [1.165, 1.54) is 24.4 Å². The molecule has 0 unspecified atom stereocenters. The molecule has 0 atom stereocenters. The Balaban J connectivity index is 1.39. The maximum atomic E-state index is 14.1. The summed E-state index contributed by atoms with van der Waals surface area (Å²) in [7, 11) is 3.56. The Morgan fingerprint density at radius 1 is 1.07 bits per heavy atom. The first-order chi connectivity index (χ1) is 21.5. The van der Waals surface area contributed by atoms with Gasteiger partial charge in [0.25, 0.3) is 5.91 Å². The van der Waals surface area contributed by atoms with Crippen LogP contribution in [0.4, 0.5) is 24.7 Å². The molecule has 1 aliphatic heterocycles. The van der Waals surface area contributed by atoms with Crippen molar-refractivity contribution in [1.82, 2.24) is 24.8 Å². The largest absolute Gasteiger partial charge is 0.438 e. The number of anilines is 2. The number of piperazine rings is 1. The van der Waals surface area contributed by atoms with Crippen LogP contribution in [-0.4, -0.2) is 77.1 Å². The SMILES string of the molecule is CN=Cc1c(N)nc(-c2ccncc2)nc1Oc1cc(C(=O)Nc2ccc(CN3CCN(C)CC3)c(C(F)(F)F)c2)ccc1C. The Morgan fingerprint density at radius 3 is 2.49 bits per heavy atom. The maximum absolute atomic E-state index is 14.1. The highest BCUT2D eigenvalue weighted by atomic mass is 19.4. The Labute approximate surface area is 258 Å². The summed E-state index contributed by atoms with van der Waals surface area (Å²) < 4.78 is 48.4. The highest BCUT2D eigenvalue weighted by Gasteiger charge is 2.34. The monoisotopic (exact) mass is 618 g/mol. The van der Waals surface area contributed by atoms with E-state index in [0.717, 1.165) is 19.2 Å². The molecule has 0 spiro atoms. The summed E-state index contributed by atoms with van der Waals surface area (Å²) >= 11 is 0. The number of alkyl halides is 3. The van der Waals surface area contributed by atoms with Gasteiger partial charge in [0.15, 0.2) is 5.82 Å². The third kappa shape index (κ3) is 7.62. The van der Waals surface area contributed by atoms with E-state index in [9.17, 15) is 18.0 Å². The number of nitrogens with zero attached hydrogens (tertiary/aromatic N) is 6. The number of aryl methyl sites for hydroxylation is 1. The number of halogens is 3. The number of benzene rings is 2. The van der Waals surface area contributed by atoms with Gasteiger partial charge in [-0.1, -0.05) is 12.1 Å². The van der Waals surface area contributed by atoms with Crippen molar-refractivity contribution >= 4 is 23.6 Å². The Morgan fingerprint density at radius 2 is 1.80 bits per heavy atom. The van der Waals surface area contributed by atoms with E-state index in [1.807, 2.05) is 11.9 Å². The molecular weight excluding hydrogens is 585 g/mol. The Hall–Kier alpha value is -4.88. The zero-order chi connectivity index (χ0) is 32.1. The predicted molar refractivity (Wildman–Crippen MR) is 167 cm³/mol. The number of aromatic nitrogens is 3. The molecule has 3 heterocycles. The van der Waals surface area contributed by atoms with Crippen molar-refractivity contribution in [2.75, 3.05) is 51.3 Å². The second-order valence-corrected chi connectivity index (χ2v) is 10.8. The minimum atomic E-state index is -4.58. The lowest BCUT2D eigenvalue weighted by atomic mass is 10.0. The molecule has 13 heteroatoms. The van der Waals surface area contributed by atoms with Crippen LogP contribution in [0.15, 0.2) is 65.9 Å². The number of carbonyl (C=O) groups is 1. The fourth-order valence-corrected chi connectivity index (χ4v) is 4.89. The number of aliphatic imine (C=N–C) groups is 1. The molecule has 1 fully saturated rings. The molecule has 2 aromatic carbocycles. The molecule has 3 N–H and O–H groups in total. The topological polar surface area (TPSA) is 122 Å². The van der Waals surface area contributed by atoms with E-state index in [4.69, 9.17) is 10.5 Å². The minimum absolute atomic E-state index is 0.0320. The summed E-state index contributed by atoms with van der Waals surface area (Å²) in [6.07, 6.45) is 0.0870. The molecule has 0 aliphatic carbocycles. The molecule has 45 heavy (non-hydrogen) atoms. The van der Waals surface area contributed by atoms with Crippen LogP contribution in [0, 0.1) is 6.92 Å². The van der Waals surface area contributed by atoms with E-state index < -0.39 is 17.6 Å². The van der Waals surface area contributed by atoms with E-state index in [2.05, 4.69) is 30.2 Å². The second-order valence-electron chi connectivity index (χ2n) is 10.8. The number of nitrogen functional groups attached to an aromatic ring is 1.